The number of hydrogen-bond donors (Lipinski definition) is 2. The second-order valence-electron chi connectivity index (χ2n) is 9.01. The van der Waals surface area contributed by atoms with Crippen molar-refractivity contribution >= 4 is 33.9 Å². The van der Waals surface area contributed by atoms with E-state index in [4.69, 9.17) is 16.6 Å². The number of nitrogens with one attached hydrogen (secondary N) is 1. The molecule has 4 aromatic carbocycles. The number of aromatic nitrogens is 1. The topological polar surface area (TPSA) is 75.4 Å². The van der Waals surface area contributed by atoms with Crippen LogP contribution in [0.3, 0.4) is 0 Å². The summed E-state index contributed by atoms with van der Waals surface area (Å²) in [5.74, 6) is 0.0214. The molecule has 1 aromatic heterocycles. The summed E-state index contributed by atoms with van der Waals surface area (Å²) >= 11 is 6.00. The highest BCUT2D eigenvalue weighted by molar-refractivity contribution is 6.30. The van der Waals surface area contributed by atoms with E-state index in [-0.39, 0.29) is 5.88 Å². The Morgan fingerprint density at radius 3 is 2.22 bits per heavy atom. The second-order valence-corrected chi connectivity index (χ2v) is 9.45. The second kappa shape index (κ2) is 10.7. The van der Waals surface area contributed by atoms with Gasteiger partial charge in [-0.05, 0) is 60.6 Å². The average molecular weight is 505 g/mol. The first kappa shape index (κ1) is 24.3. The third kappa shape index (κ3) is 5.57. The van der Waals surface area contributed by atoms with Gasteiger partial charge in [0.25, 0.3) is 0 Å². The summed E-state index contributed by atoms with van der Waals surface area (Å²) in [4.78, 5) is 10.2. The zero-order valence-corrected chi connectivity index (χ0v) is 21.1. The van der Waals surface area contributed by atoms with Crippen molar-refractivity contribution in [1.82, 2.24) is 9.88 Å². The van der Waals surface area contributed by atoms with E-state index in [1.54, 1.807) is 18.2 Å². The normalized spacial score (nSPS) is 11.7. The lowest BCUT2D eigenvalue weighted by Gasteiger charge is -2.17. The van der Waals surface area contributed by atoms with Gasteiger partial charge in [-0.25, -0.2) is 4.99 Å². The lowest BCUT2D eigenvalue weighted by molar-refractivity contribution is 0.319. The molecule has 0 aliphatic heterocycles. The molecule has 0 aliphatic carbocycles. The van der Waals surface area contributed by atoms with E-state index in [2.05, 4.69) is 35.1 Å². The lowest BCUT2D eigenvalue weighted by atomic mass is 10.00. The van der Waals surface area contributed by atoms with Gasteiger partial charge in [-0.2, -0.15) is 5.26 Å². The maximum atomic E-state index is 10.9. The van der Waals surface area contributed by atoms with Crippen LogP contribution in [0.15, 0.2) is 102 Å². The first-order valence-electron chi connectivity index (χ1n) is 11.9. The van der Waals surface area contributed by atoms with E-state index < -0.39 is 0 Å². The number of hydrogen-bond acceptors (Lipinski definition) is 4. The van der Waals surface area contributed by atoms with Crippen molar-refractivity contribution < 1.29 is 5.11 Å². The van der Waals surface area contributed by atoms with Crippen molar-refractivity contribution in [3.05, 3.63) is 130 Å². The van der Waals surface area contributed by atoms with E-state index in [9.17, 15) is 10.4 Å². The monoisotopic (exact) mass is 504 g/mol. The molecular weight excluding hydrogens is 480 g/mol. The van der Waals surface area contributed by atoms with Gasteiger partial charge >= 0.3 is 0 Å². The molecule has 0 aliphatic rings. The van der Waals surface area contributed by atoms with Crippen LogP contribution in [0.25, 0.3) is 10.9 Å². The minimum absolute atomic E-state index is 0.0214. The van der Waals surface area contributed by atoms with E-state index in [1.807, 2.05) is 66.7 Å². The van der Waals surface area contributed by atoms with Gasteiger partial charge in [0.2, 0.25) is 0 Å². The molecule has 0 fully saturated rings. The zero-order valence-electron chi connectivity index (χ0n) is 20.3. The summed E-state index contributed by atoms with van der Waals surface area (Å²) in [6.45, 7) is 1.61. The molecule has 5 aromatic rings. The van der Waals surface area contributed by atoms with Crippen LogP contribution >= 0.6 is 11.6 Å². The molecule has 0 saturated carbocycles. The van der Waals surface area contributed by atoms with Crippen molar-refractivity contribution in [3.63, 3.8) is 0 Å². The maximum absolute atomic E-state index is 10.9. The quantitative estimate of drug-likeness (QED) is 0.230. The van der Waals surface area contributed by atoms with Crippen LogP contribution in [0.4, 0.5) is 5.69 Å². The minimum atomic E-state index is 0.0214. The molecule has 0 bridgehead atoms. The number of aromatic hydroxyl groups is 1. The van der Waals surface area contributed by atoms with E-state index >= 15 is 0 Å². The Labute approximate surface area is 220 Å². The highest BCUT2D eigenvalue weighted by Crippen LogP contribution is 2.32. The molecule has 182 valence electrons. The summed E-state index contributed by atoms with van der Waals surface area (Å²) in [7, 11) is 2.09. The van der Waals surface area contributed by atoms with E-state index in [1.165, 1.54) is 11.1 Å². The predicted molar refractivity (Wildman–Crippen MR) is 149 cm³/mol. The number of H-pyrrole nitrogens is 1. The maximum Gasteiger partial charge on any atom is 0.199 e. The number of halogens is 1. The van der Waals surface area contributed by atoms with Crippen LogP contribution < -0.4 is 0 Å². The molecule has 6 heteroatoms. The highest BCUT2D eigenvalue weighted by Gasteiger charge is 2.19. The first-order chi connectivity index (χ1) is 18.0. The highest BCUT2D eigenvalue weighted by atomic mass is 35.5. The smallest absolute Gasteiger partial charge is 0.199 e. The minimum Gasteiger partial charge on any atom is -0.494 e. The third-order valence-corrected chi connectivity index (χ3v) is 6.44. The molecule has 0 unspecified atom stereocenters. The predicted octanol–water partition coefficient (Wildman–Crippen LogP) is 7.20. The number of aliphatic imine (C=N–C) groups is 1. The molecule has 0 saturated heterocycles. The first-order valence-corrected chi connectivity index (χ1v) is 12.3. The molecule has 5 rings (SSSR count). The number of benzene rings is 4. The molecule has 5 nitrogen and oxygen atoms in total. The van der Waals surface area contributed by atoms with Crippen molar-refractivity contribution in [2.24, 2.45) is 4.99 Å². The van der Waals surface area contributed by atoms with Gasteiger partial charge in [0.05, 0.1) is 28.6 Å². The zero-order chi connectivity index (χ0) is 25.8. The van der Waals surface area contributed by atoms with Gasteiger partial charge in [-0.1, -0.05) is 66.2 Å². The molecule has 37 heavy (non-hydrogen) atoms. The fourth-order valence-electron chi connectivity index (χ4n) is 4.42. The van der Waals surface area contributed by atoms with Crippen LogP contribution in [0.5, 0.6) is 5.88 Å². The van der Waals surface area contributed by atoms with Gasteiger partial charge in [0, 0.05) is 34.6 Å². The molecule has 0 spiro atoms. The van der Waals surface area contributed by atoms with Gasteiger partial charge < -0.3 is 10.1 Å². The fourth-order valence-corrected chi connectivity index (χ4v) is 4.55. The van der Waals surface area contributed by atoms with Crippen LogP contribution in [0, 0.1) is 11.3 Å². The number of fused-ring (bicyclic) bond motifs is 1. The average Bonchev–Trinajstić information content (AvgIpc) is 3.24. The van der Waals surface area contributed by atoms with Gasteiger partial charge in [-0.15, -0.1) is 0 Å². The SMILES string of the molecule is CN(Cc1ccc(Cl)cc1)Cc1ccc(N=C(c2ccccc2)c2c(O)[nH]c3ccc(C#N)cc23)cc1. The van der Waals surface area contributed by atoms with Gasteiger partial charge in [0.15, 0.2) is 5.88 Å². The van der Waals surface area contributed by atoms with Crippen molar-refractivity contribution in [1.29, 1.82) is 5.26 Å². The van der Waals surface area contributed by atoms with Crippen LogP contribution in [-0.2, 0) is 13.1 Å². The van der Waals surface area contributed by atoms with Crippen molar-refractivity contribution in [2.45, 2.75) is 13.1 Å². The lowest BCUT2D eigenvalue weighted by Crippen LogP contribution is -2.17. The van der Waals surface area contributed by atoms with E-state index in [0.717, 1.165) is 40.3 Å². The summed E-state index contributed by atoms with van der Waals surface area (Å²) in [6.07, 6.45) is 0. The molecule has 0 radical (unpaired) electrons. The molecule has 0 amide bonds. The Morgan fingerprint density at radius 2 is 1.57 bits per heavy atom. The van der Waals surface area contributed by atoms with Gasteiger partial charge in [-0.3, -0.25) is 4.90 Å². The number of aromatic amines is 1. The summed E-state index contributed by atoms with van der Waals surface area (Å²) in [5.41, 5.74) is 6.49. The Hall–Kier alpha value is -4.37. The summed E-state index contributed by atoms with van der Waals surface area (Å²) < 4.78 is 0. The Kier molecular flexibility index (Phi) is 7.04. The number of rotatable bonds is 7. The van der Waals surface area contributed by atoms with E-state index in [0.29, 0.717) is 16.8 Å². The van der Waals surface area contributed by atoms with Crippen LogP contribution in [-0.4, -0.2) is 27.7 Å². The largest absolute Gasteiger partial charge is 0.494 e. The Bertz CT molecular complexity index is 1600. The molecule has 1 heterocycles. The number of nitrogens with zero attached hydrogens (tertiary/aromatic N) is 3. The van der Waals surface area contributed by atoms with Gasteiger partial charge in [0.1, 0.15) is 0 Å². The molecule has 2 N–H and O–H groups in total. The summed E-state index contributed by atoms with van der Waals surface area (Å²) in [5, 5.41) is 21.8. The number of nitriles is 1. The standard InChI is InChI=1S/C31H25ClN4O/c1-36(19-21-7-12-25(32)13-8-21)20-22-9-14-26(15-10-22)34-30(24-5-3-2-4-6-24)29-27-17-23(18-33)11-16-28(27)35-31(29)37/h2-17,35,37H,19-20H2,1H3. The third-order valence-electron chi connectivity index (χ3n) is 6.19. The van der Waals surface area contributed by atoms with Crippen LogP contribution in [0.1, 0.15) is 27.8 Å². The van der Waals surface area contributed by atoms with Crippen molar-refractivity contribution in [2.75, 3.05) is 7.05 Å². The summed E-state index contributed by atoms with van der Waals surface area (Å²) in [6, 6.07) is 33.3. The Balaban J connectivity index is 1.46. The van der Waals surface area contributed by atoms with Crippen LogP contribution in [0.2, 0.25) is 5.02 Å². The molecule has 0 atom stereocenters. The Morgan fingerprint density at radius 1 is 0.919 bits per heavy atom. The van der Waals surface area contributed by atoms with Crippen molar-refractivity contribution in [3.8, 4) is 11.9 Å². The molecular formula is C31H25ClN4O. The fraction of sp³-hybridized carbons (Fsp3) is 0.0968.